The van der Waals surface area contributed by atoms with Crippen molar-refractivity contribution >= 4 is 30.5 Å². The number of hydrogen-bond donors (Lipinski definition) is 1. The zero-order valence-electron chi connectivity index (χ0n) is 14.5. The van der Waals surface area contributed by atoms with E-state index >= 15 is 0 Å². The number of likely N-dealkylation sites (tertiary alicyclic amines) is 1. The summed E-state index contributed by atoms with van der Waals surface area (Å²) in [5.41, 5.74) is 1.11. The summed E-state index contributed by atoms with van der Waals surface area (Å²) in [6.45, 7) is 2.22. The molecule has 3 aliphatic rings. The third kappa shape index (κ3) is 3.44. The average molecular weight is 379 g/mol. The number of aromatic nitrogens is 1. The van der Waals surface area contributed by atoms with E-state index in [1.54, 1.807) is 16.8 Å². The summed E-state index contributed by atoms with van der Waals surface area (Å²) < 4.78 is 1.77. The molecular formula is C18H27N3O2P2. The van der Waals surface area contributed by atoms with E-state index in [0.717, 1.165) is 51.1 Å². The lowest BCUT2D eigenvalue weighted by Crippen LogP contribution is -2.40. The number of rotatable bonds is 6. The second kappa shape index (κ2) is 6.76. The highest BCUT2D eigenvalue weighted by Crippen LogP contribution is 2.51. The zero-order valence-corrected chi connectivity index (χ0v) is 16.8. The molecule has 1 aromatic rings. The van der Waals surface area contributed by atoms with Crippen molar-refractivity contribution in [3.05, 3.63) is 28.2 Å². The predicted octanol–water partition coefficient (Wildman–Crippen LogP) is 2.26. The Morgan fingerprint density at radius 3 is 2.40 bits per heavy atom. The normalized spacial score (nSPS) is 23.6. The Morgan fingerprint density at radius 2 is 1.88 bits per heavy atom. The number of nitrogens with zero attached hydrogens (tertiary/aromatic N) is 2. The molecule has 0 radical (unpaired) electrons. The summed E-state index contributed by atoms with van der Waals surface area (Å²) in [6, 6.07) is 2.78. The van der Waals surface area contributed by atoms with Gasteiger partial charge < -0.3 is 14.8 Å². The van der Waals surface area contributed by atoms with Crippen molar-refractivity contribution in [2.75, 3.05) is 18.4 Å². The van der Waals surface area contributed by atoms with Crippen LogP contribution >= 0.6 is 18.5 Å². The lowest BCUT2D eigenvalue weighted by molar-refractivity contribution is 0.112. The van der Waals surface area contributed by atoms with Crippen molar-refractivity contribution in [2.24, 2.45) is 0 Å². The molecule has 3 fully saturated rings. The first-order valence-electron chi connectivity index (χ1n) is 9.27. The molecule has 1 aromatic heterocycles. The summed E-state index contributed by atoms with van der Waals surface area (Å²) in [5, 5.41) is 3.70. The van der Waals surface area contributed by atoms with Gasteiger partial charge in [-0.3, -0.25) is 9.59 Å². The molecular weight excluding hydrogens is 352 g/mol. The first kappa shape index (κ1) is 17.6. The summed E-state index contributed by atoms with van der Waals surface area (Å²) in [7, 11) is 5.54. The van der Waals surface area contributed by atoms with Crippen LogP contribution in [0.5, 0.6) is 0 Å². The van der Waals surface area contributed by atoms with E-state index in [1.165, 1.54) is 12.8 Å². The highest BCUT2D eigenvalue weighted by molar-refractivity contribution is 7.38. The number of hydrogen-bond acceptors (Lipinski definition) is 4. The third-order valence-corrected chi connectivity index (χ3v) is 7.27. The van der Waals surface area contributed by atoms with Gasteiger partial charge in [-0.05, 0) is 38.5 Å². The monoisotopic (exact) mass is 379 g/mol. The quantitative estimate of drug-likeness (QED) is 0.609. The Labute approximate surface area is 153 Å². The first-order chi connectivity index (χ1) is 12.0. The maximum absolute atomic E-state index is 12.7. The van der Waals surface area contributed by atoms with Crippen LogP contribution in [0.25, 0.3) is 0 Å². The minimum atomic E-state index is -0.154. The fourth-order valence-corrected chi connectivity index (χ4v) is 5.03. The highest BCUT2D eigenvalue weighted by atomic mass is 31.1. The van der Waals surface area contributed by atoms with Gasteiger partial charge in [-0.1, -0.05) is 0 Å². The molecule has 2 unspecified atom stereocenters. The van der Waals surface area contributed by atoms with E-state index in [1.807, 2.05) is 0 Å². The first-order valence-corrected chi connectivity index (χ1v) is 10.6. The van der Waals surface area contributed by atoms with Crippen molar-refractivity contribution < 1.29 is 4.79 Å². The van der Waals surface area contributed by atoms with Gasteiger partial charge in [0.25, 0.3) is 5.56 Å². The second-order valence-corrected chi connectivity index (χ2v) is 9.99. The lowest BCUT2D eigenvalue weighted by Gasteiger charge is -2.33. The van der Waals surface area contributed by atoms with Gasteiger partial charge in [0.2, 0.25) is 0 Å². The molecule has 7 heteroatoms. The fraction of sp³-hybridized carbons (Fsp3) is 0.667. The van der Waals surface area contributed by atoms with Crippen LogP contribution in [0.3, 0.4) is 0 Å². The standard InChI is InChI=1S/C18H27N3O2P2/c22-11-12-10-21(18(5-6-18)17(24)25)16(23)9-15(12)19-13-3-7-20(8-4-13)14-1-2-14/h9-11,13-14,17,19H,1-8,24-25H2. The molecule has 2 heterocycles. The van der Waals surface area contributed by atoms with Gasteiger partial charge in [0.15, 0.2) is 6.29 Å². The van der Waals surface area contributed by atoms with Crippen LogP contribution in [0, 0.1) is 0 Å². The number of piperidine rings is 1. The van der Waals surface area contributed by atoms with Crippen LogP contribution < -0.4 is 10.9 Å². The van der Waals surface area contributed by atoms with Crippen LogP contribution in [-0.2, 0) is 5.54 Å². The smallest absolute Gasteiger partial charge is 0.253 e. The molecule has 136 valence electrons. The lowest BCUT2D eigenvalue weighted by atomic mass is 10.0. The molecule has 2 saturated carbocycles. The Bertz CT molecular complexity index is 718. The van der Waals surface area contributed by atoms with Crippen LogP contribution in [0.15, 0.2) is 17.1 Å². The Balaban J connectivity index is 1.51. The van der Waals surface area contributed by atoms with Crippen molar-refractivity contribution in [1.29, 1.82) is 0 Å². The number of nitrogens with one attached hydrogen (secondary N) is 1. The van der Waals surface area contributed by atoms with E-state index in [0.29, 0.717) is 17.3 Å². The topological polar surface area (TPSA) is 54.3 Å². The van der Waals surface area contributed by atoms with E-state index in [9.17, 15) is 9.59 Å². The van der Waals surface area contributed by atoms with Gasteiger partial charge >= 0.3 is 0 Å². The summed E-state index contributed by atoms with van der Waals surface area (Å²) in [4.78, 5) is 26.9. The maximum Gasteiger partial charge on any atom is 0.253 e. The molecule has 1 N–H and O–H groups in total. The number of carbonyl (C=O) groups excluding carboxylic acids is 1. The molecule has 0 aromatic carbocycles. The predicted molar refractivity (Wildman–Crippen MR) is 108 cm³/mol. The van der Waals surface area contributed by atoms with E-state index in [2.05, 4.69) is 28.7 Å². The molecule has 0 spiro atoms. The zero-order chi connectivity index (χ0) is 17.6. The van der Waals surface area contributed by atoms with Gasteiger partial charge in [-0.15, -0.1) is 18.5 Å². The number of anilines is 1. The van der Waals surface area contributed by atoms with Crippen LogP contribution in [0.1, 0.15) is 48.9 Å². The maximum atomic E-state index is 12.7. The summed E-state index contributed by atoms with van der Waals surface area (Å²) in [6.07, 6.45) is 9.42. The van der Waals surface area contributed by atoms with E-state index in [4.69, 9.17) is 0 Å². The number of pyridine rings is 1. The minimum Gasteiger partial charge on any atom is -0.381 e. The second-order valence-electron chi connectivity index (χ2n) is 7.78. The van der Waals surface area contributed by atoms with Crippen molar-refractivity contribution in [2.45, 2.75) is 61.5 Å². The Kier molecular flexibility index (Phi) is 4.77. The number of carbonyl (C=O) groups is 1. The largest absolute Gasteiger partial charge is 0.381 e. The Morgan fingerprint density at radius 1 is 1.20 bits per heavy atom. The SMILES string of the molecule is O=Cc1cn(C2(C(P)P)CC2)c(=O)cc1NC1CCN(C2CC2)CC1. The Hall–Kier alpha value is -0.760. The molecule has 0 amide bonds. The van der Waals surface area contributed by atoms with Crippen LogP contribution in [0.4, 0.5) is 5.69 Å². The molecule has 2 aliphatic carbocycles. The molecule has 1 saturated heterocycles. The van der Waals surface area contributed by atoms with Gasteiger partial charge in [0.05, 0.1) is 16.8 Å². The minimum absolute atomic E-state index is 0.0177. The highest BCUT2D eigenvalue weighted by Gasteiger charge is 2.48. The molecule has 5 nitrogen and oxygen atoms in total. The molecule has 2 atom stereocenters. The van der Waals surface area contributed by atoms with Gasteiger partial charge in [0.1, 0.15) is 0 Å². The average Bonchev–Trinajstić information content (AvgIpc) is 3.48. The molecule has 4 rings (SSSR count). The van der Waals surface area contributed by atoms with Crippen LogP contribution in [0.2, 0.25) is 0 Å². The molecule has 1 aliphatic heterocycles. The number of aldehydes is 1. The fourth-order valence-electron chi connectivity index (χ4n) is 4.05. The third-order valence-electron chi connectivity index (χ3n) is 6.03. The summed E-state index contributed by atoms with van der Waals surface area (Å²) in [5.74, 6) is 0. The van der Waals surface area contributed by atoms with Gasteiger partial charge in [0, 0.05) is 42.8 Å². The van der Waals surface area contributed by atoms with Crippen molar-refractivity contribution in [3.8, 4) is 0 Å². The summed E-state index contributed by atoms with van der Waals surface area (Å²) >= 11 is 0. The van der Waals surface area contributed by atoms with E-state index < -0.39 is 0 Å². The van der Waals surface area contributed by atoms with E-state index in [-0.39, 0.29) is 16.5 Å². The van der Waals surface area contributed by atoms with Crippen molar-refractivity contribution in [3.63, 3.8) is 0 Å². The van der Waals surface area contributed by atoms with Gasteiger partial charge in [-0.2, -0.15) is 0 Å². The van der Waals surface area contributed by atoms with Crippen molar-refractivity contribution in [1.82, 2.24) is 9.47 Å². The molecule has 25 heavy (non-hydrogen) atoms. The van der Waals surface area contributed by atoms with Gasteiger partial charge in [-0.25, -0.2) is 0 Å². The van der Waals surface area contributed by atoms with Crippen LogP contribution in [-0.4, -0.2) is 46.3 Å². The molecule has 0 bridgehead atoms.